The molecular weight excluding hydrogens is 514 g/mol. The highest BCUT2D eigenvalue weighted by Crippen LogP contribution is 2.22. The number of thioether (sulfide) groups is 1. The first-order valence-corrected chi connectivity index (χ1v) is 11.8. The first kappa shape index (κ1) is 24.0. The summed E-state index contributed by atoms with van der Waals surface area (Å²) in [6, 6.07) is 12.4. The number of nitrogens with zero attached hydrogens (tertiary/aromatic N) is 3. The number of rotatable bonds is 9. The smallest absolute Gasteiger partial charge is 0.253 e. The minimum absolute atomic E-state index is 0.154. The number of carbonyl (C=O) groups is 2. The molecule has 7 nitrogen and oxygen atoms in total. The van der Waals surface area contributed by atoms with Gasteiger partial charge >= 0.3 is 0 Å². The SMILES string of the molecule is C=CCn1c(CNC(=O)c2ccccc2Cl)nnc1SCC(=O)Nc1ccc(Br)c(C)c1. The average Bonchev–Trinajstić information content (AvgIpc) is 3.15. The molecule has 0 aliphatic carbocycles. The van der Waals surface area contributed by atoms with Crippen LogP contribution in [0, 0.1) is 6.92 Å². The van der Waals surface area contributed by atoms with Crippen LogP contribution in [0.4, 0.5) is 5.69 Å². The van der Waals surface area contributed by atoms with Crippen molar-refractivity contribution in [1.82, 2.24) is 20.1 Å². The standard InChI is InChI=1S/C22H21BrClN5O2S/c1-3-10-29-19(12-25-21(31)16-6-4-5-7-18(16)24)27-28-22(29)32-13-20(30)26-15-8-9-17(23)14(2)11-15/h3-9,11H,1,10,12-13H2,2H3,(H,25,31)(H,26,30). The summed E-state index contributed by atoms with van der Waals surface area (Å²) in [6.07, 6.45) is 1.71. The van der Waals surface area contributed by atoms with Crippen molar-refractivity contribution in [3.63, 3.8) is 0 Å². The first-order chi connectivity index (χ1) is 15.4. The highest BCUT2D eigenvalue weighted by molar-refractivity contribution is 9.10. The van der Waals surface area contributed by atoms with Gasteiger partial charge in [0.1, 0.15) is 0 Å². The molecule has 32 heavy (non-hydrogen) atoms. The largest absolute Gasteiger partial charge is 0.345 e. The van der Waals surface area contributed by atoms with Crippen LogP contribution in [0.5, 0.6) is 0 Å². The predicted octanol–water partition coefficient (Wildman–Crippen LogP) is 4.85. The van der Waals surface area contributed by atoms with Crippen LogP contribution in [0.25, 0.3) is 0 Å². The van der Waals surface area contributed by atoms with Crippen molar-refractivity contribution in [3.05, 3.63) is 81.6 Å². The molecule has 0 aliphatic heterocycles. The Morgan fingerprint density at radius 2 is 2.03 bits per heavy atom. The first-order valence-electron chi connectivity index (χ1n) is 9.63. The normalized spacial score (nSPS) is 10.6. The second kappa shape index (κ2) is 11.3. The van der Waals surface area contributed by atoms with Crippen LogP contribution in [-0.4, -0.2) is 32.3 Å². The summed E-state index contributed by atoms with van der Waals surface area (Å²) in [4.78, 5) is 24.8. The zero-order chi connectivity index (χ0) is 23.1. The molecule has 2 aromatic carbocycles. The third-order valence-electron chi connectivity index (χ3n) is 4.40. The molecular formula is C22H21BrClN5O2S. The highest BCUT2D eigenvalue weighted by atomic mass is 79.9. The average molecular weight is 535 g/mol. The number of nitrogens with one attached hydrogen (secondary N) is 2. The van der Waals surface area contributed by atoms with Crippen LogP contribution >= 0.6 is 39.3 Å². The Morgan fingerprint density at radius 3 is 2.75 bits per heavy atom. The van der Waals surface area contributed by atoms with E-state index in [0.29, 0.717) is 28.1 Å². The molecule has 0 aliphatic rings. The summed E-state index contributed by atoms with van der Waals surface area (Å²) in [5.41, 5.74) is 2.15. The quantitative estimate of drug-likeness (QED) is 0.303. The van der Waals surface area contributed by atoms with E-state index in [-0.39, 0.29) is 24.1 Å². The molecule has 3 aromatic rings. The second-order valence-electron chi connectivity index (χ2n) is 6.76. The van der Waals surface area contributed by atoms with Gasteiger partial charge in [-0.3, -0.25) is 9.59 Å². The van der Waals surface area contributed by atoms with Gasteiger partial charge in [0, 0.05) is 16.7 Å². The van der Waals surface area contributed by atoms with Gasteiger partial charge in [-0.25, -0.2) is 0 Å². The fourth-order valence-electron chi connectivity index (χ4n) is 2.82. The van der Waals surface area contributed by atoms with Crippen molar-refractivity contribution in [3.8, 4) is 0 Å². The van der Waals surface area contributed by atoms with Gasteiger partial charge in [0.2, 0.25) is 5.91 Å². The summed E-state index contributed by atoms with van der Waals surface area (Å²) in [7, 11) is 0. The van der Waals surface area contributed by atoms with Crippen molar-refractivity contribution >= 4 is 56.8 Å². The van der Waals surface area contributed by atoms with E-state index >= 15 is 0 Å². The maximum atomic E-state index is 12.4. The van der Waals surface area contributed by atoms with Gasteiger partial charge in [-0.15, -0.1) is 16.8 Å². The predicted molar refractivity (Wildman–Crippen MR) is 131 cm³/mol. The number of amides is 2. The monoisotopic (exact) mass is 533 g/mol. The van der Waals surface area contributed by atoms with Crippen molar-refractivity contribution in [1.29, 1.82) is 0 Å². The van der Waals surface area contributed by atoms with Crippen molar-refractivity contribution in [2.75, 3.05) is 11.1 Å². The van der Waals surface area contributed by atoms with Crippen LogP contribution < -0.4 is 10.6 Å². The third kappa shape index (κ3) is 6.21. The Kier molecular flexibility index (Phi) is 8.49. The number of allylic oxidation sites excluding steroid dienone is 1. The zero-order valence-electron chi connectivity index (χ0n) is 17.3. The van der Waals surface area contributed by atoms with E-state index in [1.54, 1.807) is 30.3 Å². The summed E-state index contributed by atoms with van der Waals surface area (Å²) >= 11 is 10.8. The number of hydrogen-bond acceptors (Lipinski definition) is 5. The summed E-state index contributed by atoms with van der Waals surface area (Å²) in [5, 5.41) is 15.0. The molecule has 0 saturated carbocycles. The lowest BCUT2D eigenvalue weighted by atomic mass is 10.2. The fourth-order valence-corrected chi connectivity index (χ4v) is 4.05. The molecule has 0 radical (unpaired) electrons. The van der Waals surface area contributed by atoms with E-state index in [9.17, 15) is 9.59 Å². The van der Waals surface area contributed by atoms with E-state index in [4.69, 9.17) is 11.6 Å². The molecule has 0 saturated heterocycles. The molecule has 1 aromatic heterocycles. The van der Waals surface area contributed by atoms with Crippen molar-refractivity contribution < 1.29 is 9.59 Å². The van der Waals surface area contributed by atoms with Gasteiger partial charge in [-0.2, -0.15) is 0 Å². The summed E-state index contributed by atoms with van der Waals surface area (Å²) in [6.45, 7) is 6.33. The Labute approximate surface area is 203 Å². The topological polar surface area (TPSA) is 88.9 Å². The Morgan fingerprint density at radius 1 is 1.25 bits per heavy atom. The molecule has 0 fully saturated rings. The maximum Gasteiger partial charge on any atom is 0.253 e. The molecule has 0 spiro atoms. The van der Waals surface area contributed by atoms with Gasteiger partial charge in [-0.1, -0.05) is 57.5 Å². The molecule has 0 atom stereocenters. The Hall–Kier alpha value is -2.62. The van der Waals surface area contributed by atoms with Gasteiger partial charge < -0.3 is 15.2 Å². The minimum atomic E-state index is -0.304. The maximum absolute atomic E-state index is 12.4. The van der Waals surface area contributed by atoms with Crippen LogP contribution in [0.3, 0.4) is 0 Å². The van der Waals surface area contributed by atoms with E-state index in [2.05, 4.69) is 43.3 Å². The number of hydrogen-bond donors (Lipinski definition) is 2. The van der Waals surface area contributed by atoms with Crippen LogP contribution in [0.1, 0.15) is 21.7 Å². The van der Waals surface area contributed by atoms with Crippen LogP contribution in [-0.2, 0) is 17.9 Å². The molecule has 0 unspecified atom stereocenters. The molecule has 166 valence electrons. The lowest BCUT2D eigenvalue weighted by Gasteiger charge is -2.10. The van der Waals surface area contributed by atoms with Gasteiger partial charge in [0.05, 0.1) is 22.9 Å². The second-order valence-corrected chi connectivity index (χ2v) is 8.97. The van der Waals surface area contributed by atoms with Crippen molar-refractivity contribution in [2.24, 2.45) is 0 Å². The molecule has 0 bridgehead atoms. The summed E-state index contributed by atoms with van der Waals surface area (Å²) < 4.78 is 2.79. The number of anilines is 1. The van der Waals surface area contributed by atoms with E-state index in [1.807, 2.05) is 29.7 Å². The fraction of sp³-hybridized carbons (Fsp3) is 0.182. The Balaban J connectivity index is 1.61. The van der Waals surface area contributed by atoms with Crippen molar-refractivity contribution in [2.45, 2.75) is 25.2 Å². The minimum Gasteiger partial charge on any atom is -0.345 e. The number of aryl methyl sites for hydroxylation is 1. The Bertz CT molecular complexity index is 1150. The number of halogens is 2. The van der Waals surface area contributed by atoms with Gasteiger partial charge in [0.15, 0.2) is 11.0 Å². The van der Waals surface area contributed by atoms with E-state index < -0.39 is 0 Å². The van der Waals surface area contributed by atoms with Gasteiger partial charge in [0.25, 0.3) is 5.91 Å². The lowest BCUT2D eigenvalue weighted by Crippen LogP contribution is -2.25. The number of carbonyl (C=O) groups excluding carboxylic acids is 2. The van der Waals surface area contributed by atoms with Crippen LogP contribution in [0.15, 0.2) is 64.7 Å². The third-order valence-corrected chi connectivity index (χ3v) is 6.59. The van der Waals surface area contributed by atoms with E-state index in [0.717, 1.165) is 15.7 Å². The molecule has 10 heteroatoms. The number of aromatic nitrogens is 3. The van der Waals surface area contributed by atoms with Crippen LogP contribution in [0.2, 0.25) is 5.02 Å². The molecule has 3 rings (SSSR count). The highest BCUT2D eigenvalue weighted by Gasteiger charge is 2.16. The molecule has 2 N–H and O–H groups in total. The van der Waals surface area contributed by atoms with Gasteiger partial charge in [-0.05, 0) is 42.8 Å². The zero-order valence-corrected chi connectivity index (χ0v) is 20.4. The van der Waals surface area contributed by atoms with E-state index in [1.165, 1.54) is 11.8 Å². The summed E-state index contributed by atoms with van der Waals surface area (Å²) in [5.74, 6) is 0.258. The molecule has 1 heterocycles. The molecule has 2 amide bonds. The lowest BCUT2D eigenvalue weighted by molar-refractivity contribution is -0.113. The number of benzene rings is 2.